The van der Waals surface area contributed by atoms with Crippen LogP contribution < -0.4 is 5.32 Å². The Bertz CT molecular complexity index is 3090. The molecule has 0 aliphatic heterocycles. The molecule has 0 spiro atoms. The van der Waals surface area contributed by atoms with E-state index in [0.717, 1.165) is 80.5 Å². The van der Waals surface area contributed by atoms with Crippen LogP contribution >= 0.6 is 0 Å². The lowest BCUT2D eigenvalue weighted by Crippen LogP contribution is -2.10. The van der Waals surface area contributed by atoms with Crippen LogP contribution in [0.15, 0.2) is 200 Å². The summed E-state index contributed by atoms with van der Waals surface area (Å²) in [5.74, 6) is 3.48. The number of hydrogen-bond donors (Lipinski definition) is 1. The number of anilines is 2. The van der Waals surface area contributed by atoms with Crippen molar-refractivity contribution >= 4 is 28.5 Å². The van der Waals surface area contributed by atoms with Crippen LogP contribution in [0.1, 0.15) is 36.1 Å². The zero-order valence-corrected chi connectivity index (χ0v) is 34.9. The van der Waals surface area contributed by atoms with Gasteiger partial charge in [0.1, 0.15) is 11.6 Å². The van der Waals surface area contributed by atoms with Gasteiger partial charge in [-0.3, -0.25) is 4.57 Å². The van der Waals surface area contributed by atoms with E-state index in [1.807, 2.05) is 60.7 Å². The number of benzene rings is 6. The van der Waals surface area contributed by atoms with E-state index in [-0.39, 0.29) is 5.92 Å². The Kier molecular flexibility index (Phi) is 9.94. The molecule has 1 N–H and O–H groups in total. The topological polar surface area (TPSA) is 68.5 Å². The molecule has 6 heteroatoms. The van der Waals surface area contributed by atoms with Gasteiger partial charge in [-0.2, -0.15) is 0 Å². The average molecular weight is 813 g/mol. The Balaban J connectivity index is 1.03. The normalized spacial score (nSPS) is 15.4. The molecule has 2 aliphatic carbocycles. The first-order valence-corrected chi connectivity index (χ1v) is 21.7. The van der Waals surface area contributed by atoms with E-state index in [0.29, 0.717) is 17.6 Å². The first kappa shape index (κ1) is 38.0. The number of hydrogen-bond acceptors (Lipinski definition) is 5. The van der Waals surface area contributed by atoms with Crippen LogP contribution in [-0.2, 0) is 6.42 Å². The summed E-state index contributed by atoms with van der Waals surface area (Å²) in [5, 5.41) is 4.99. The van der Waals surface area contributed by atoms with Crippen molar-refractivity contribution in [1.82, 2.24) is 24.5 Å². The molecular formula is C57H44N6. The Morgan fingerprint density at radius 2 is 1.13 bits per heavy atom. The van der Waals surface area contributed by atoms with Gasteiger partial charge in [0.2, 0.25) is 0 Å². The Morgan fingerprint density at radius 3 is 1.79 bits per heavy atom. The molecule has 3 aromatic heterocycles. The third-order valence-electron chi connectivity index (χ3n) is 12.2. The second kappa shape index (κ2) is 16.5. The van der Waals surface area contributed by atoms with E-state index in [1.54, 1.807) is 0 Å². The van der Waals surface area contributed by atoms with Crippen LogP contribution in [0.2, 0.25) is 0 Å². The molecule has 0 saturated heterocycles. The summed E-state index contributed by atoms with van der Waals surface area (Å²) < 4.78 is 2.37. The van der Waals surface area contributed by atoms with Crippen molar-refractivity contribution in [3.8, 4) is 62.2 Å². The number of aromatic nitrogens is 5. The number of nitrogens with zero attached hydrogens (tertiary/aromatic N) is 5. The molecule has 302 valence electrons. The zero-order valence-electron chi connectivity index (χ0n) is 34.9. The maximum absolute atomic E-state index is 5.27. The molecule has 0 fully saturated rings. The van der Waals surface area contributed by atoms with Gasteiger partial charge < -0.3 is 5.32 Å². The minimum atomic E-state index is 0.164. The molecule has 2 unspecified atom stereocenters. The molecule has 3 heterocycles. The summed E-state index contributed by atoms with van der Waals surface area (Å²) in [5.41, 5.74) is 14.0. The van der Waals surface area contributed by atoms with Crippen molar-refractivity contribution in [3.05, 3.63) is 217 Å². The third-order valence-corrected chi connectivity index (χ3v) is 12.2. The van der Waals surface area contributed by atoms with Crippen LogP contribution in [0.3, 0.4) is 0 Å². The SMILES string of the molecule is CC1C=CC=CC1c1cc(-c2ccc3c(c2)c2c(n3-c3cc(-c4ccccc4)nc(-c4ccccc4)n3)CCC=C2)ccc1Nc1cc(-c2ccccc2)nc(-c2ccccc2)n1. The lowest BCUT2D eigenvalue weighted by Gasteiger charge is -2.25. The fourth-order valence-electron chi connectivity index (χ4n) is 9.04. The van der Waals surface area contributed by atoms with Crippen LogP contribution in [0.5, 0.6) is 0 Å². The predicted molar refractivity (Wildman–Crippen MR) is 259 cm³/mol. The van der Waals surface area contributed by atoms with Gasteiger partial charge in [-0.15, -0.1) is 0 Å². The van der Waals surface area contributed by atoms with Crippen molar-refractivity contribution in [2.24, 2.45) is 5.92 Å². The van der Waals surface area contributed by atoms with E-state index in [1.165, 1.54) is 22.2 Å². The molecule has 11 rings (SSSR count). The number of nitrogens with one attached hydrogen (secondary N) is 1. The smallest absolute Gasteiger partial charge is 0.162 e. The molecular weight excluding hydrogens is 769 g/mol. The number of rotatable bonds is 9. The van der Waals surface area contributed by atoms with Gasteiger partial charge in [0.05, 0.1) is 16.9 Å². The molecule has 2 aliphatic rings. The average Bonchev–Trinajstić information content (AvgIpc) is 3.69. The fourth-order valence-corrected chi connectivity index (χ4v) is 9.04. The van der Waals surface area contributed by atoms with E-state index < -0.39 is 0 Å². The Labute approximate surface area is 367 Å². The Hall–Kier alpha value is -7.96. The minimum Gasteiger partial charge on any atom is -0.340 e. The largest absolute Gasteiger partial charge is 0.340 e. The summed E-state index contributed by atoms with van der Waals surface area (Å²) in [6, 6.07) is 59.1. The van der Waals surface area contributed by atoms with Crippen molar-refractivity contribution in [3.63, 3.8) is 0 Å². The van der Waals surface area contributed by atoms with E-state index in [4.69, 9.17) is 19.9 Å². The van der Waals surface area contributed by atoms with Gasteiger partial charge in [-0.05, 0) is 59.7 Å². The lowest BCUT2D eigenvalue weighted by molar-refractivity contribution is 0.637. The van der Waals surface area contributed by atoms with Gasteiger partial charge in [0.15, 0.2) is 11.6 Å². The molecule has 63 heavy (non-hydrogen) atoms. The second-order valence-corrected chi connectivity index (χ2v) is 16.3. The van der Waals surface area contributed by atoms with Gasteiger partial charge in [0, 0.05) is 62.6 Å². The third kappa shape index (κ3) is 7.46. The first-order chi connectivity index (χ1) is 31.1. The lowest BCUT2D eigenvalue weighted by atomic mass is 9.82. The molecule has 0 bridgehead atoms. The van der Waals surface area contributed by atoms with E-state index in [2.05, 4.69) is 162 Å². The highest BCUT2D eigenvalue weighted by atomic mass is 15.1. The molecule has 0 amide bonds. The monoisotopic (exact) mass is 812 g/mol. The van der Waals surface area contributed by atoms with Crippen LogP contribution in [0, 0.1) is 5.92 Å². The van der Waals surface area contributed by atoms with Gasteiger partial charge in [-0.1, -0.05) is 177 Å². The predicted octanol–water partition coefficient (Wildman–Crippen LogP) is 14.1. The molecule has 2 atom stereocenters. The van der Waals surface area contributed by atoms with Crippen molar-refractivity contribution in [1.29, 1.82) is 0 Å². The van der Waals surface area contributed by atoms with Crippen LogP contribution in [0.4, 0.5) is 11.5 Å². The van der Waals surface area contributed by atoms with Crippen LogP contribution in [-0.4, -0.2) is 24.5 Å². The minimum absolute atomic E-state index is 0.164. The quantitative estimate of drug-likeness (QED) is 0.157. The highest BCUT2D eigenvalue weighted by molar-refractivity contribution is 5.96. The molecule has 6 aromatic carbocycles. The second-order valence-electron chi connectivity index (χ2n) is 16.3. The Morgan fingerprint density at radius 1 is 0.540 bits per heavy atom. The van der Waals surface area contributed by atoms with Gasteiger partial charge in [-0.25, -0.2) is 19.9 Å². The van der Waals surface area contributed by atoms with E-state index >= 15 is 0 Å². The summed E-state index contributed by atoms with van der Waals surface area (Å²) >= 11 is 0. The summed E-state index contributed by atoms with van der Waals surface area (Å²) in [6.45, 7) is 2.29. The van der Waals surface area contributed by atoms with Gasteiger partial charge >= 0.3 is 0 Å². The first-order valence-electron chi connectivity index (χ1n) is 21.7. The van der Waals surface area contributed by atoms with Gasteiger partial charge in [0.25, 0.3) is 0 Å². The fraction of sp³-hybridized carbons (Fsp3) is 0.0877. The van der Waals surface area contributed by atoms with Crippen molar-refractivity contribution in [2.45, 2.75) is 25.7 Å². The number of fused-ring (bicyclic) bond motifs is 3. The molecule has 0 radical (unpaired) electrons. The van der Waals surface area contributed by atoms with E-state index in [9.17, 15) is 0 Å². The number of allylic oxidation sites excluding steroid dienone is 5. The maximum atomic E-state index is 5.27. The van der Waals surface area contributed by atoms with Crippen molar-refractivity contribution < 1.29 is 0 Å². The summed E-state index contributed by atoms with van der Waals surface area (Å²) in [7, 11) is 0. The zero-order chi connectivity index (χ0) is 42.1. The highest BCUT2D eigenvalue weighted by Crippen LogP contribution is 2.41. The summed E-state index contributed by atoms with van der Waals surface area (Å²) in [4.78, 5) is 20.5. The molecule has 6 nitrogen and oxygen atoms in total. The van der Waals surface area contributed by atoms with Crippen molar-refractivity contribution in [2.75, 3.05) is 5.32 Å². The highest BCUT2D eigenvalue weighted by Gasteiger charge is 2.24. The standard InChI is InChI=1S/C57H44N6/c1-38-18-14-15-27-45(38)47-34-43(30-32-49(47)58-54-36-50(39-19-6-2-7-20-39)59-56(61-54)41-23-10-4-11-24-41)44-31-33-53-48(35-44)46-28-16-17-29-52(46)63(53)55-37-51(40-21-8-3-9-22-40)60-57(62-55)42-25-12-5-13-26-42/h2-16,18-28,30-38,45H,17,29H2,1H3,(H,58,59,61). The maximum Gasteiger partial charge on any atom is 0.162 e. The molecule has 0 saturated carbocycles. The summed E-state index contributed by atoms with van der Waals surface area (Å²) in [6.07, 6.45) is 15.4. The van der Waals surface area contributed by atoms with Crippen LogP contribution in [0.25, 0.3) is 79.2 Å². The molecule has 9 aromatic rings.